The Morgan fingerprint density at radius 1 is 1.44 bits per heavy atom. The van der Waals surface area contributed by atoms with E-state index in [2.05, 4.69) is 20.4 Å². The molecule has 0 spiro atoms. The van der Waals surface area contributed by atoms with Crippen LogP contribution in [0, 0.1) is 6.92 Å². The van der Waals surface area contributed by atoms with Gasteiger partial charge in [-0.05, 0) is 6.92 Å². The van der Waals surface area contributed by atoms with Crippen molar-refractivity contribution in [2.75, 3.05) is 39.4 Å². The van der Waals surface area contributed by atoms with E-state index in [-0.39, 0.29) is 12.3 Å². The quantitative estimate of drug-likeness (QED) is 0.753. The van der Waals surface area contributed by atoms with E-state index >= 15 is 0 Å². The third kappa shape index (κ3) is 4.08. The third-order valence-electron chi connectivity index (χ3n) is 2.74. The molecular weight excluding hydrogens is 236 g/mol. The molecule has 1 aromatic rings. The van der Waals surface area contributed by atoms with E-state index < -0.39 is 0 Å². The summed E-state index contributed by atoms with van der Waals surface area (Å²) < 4.78 is 10.1. The number of morpholine rings is 1. The second-order valence-corrected chi connectivity index (χ2v) is 4.22. The number of hydrogen-bond donors (Lipinski definition) is 1. The summed E-state index contributed by atoms with van der Waals surface area (Å²) in [6.07, 6.45) is 0.143. The number of nitrogens with one attached hydrogen (secondary N) is 1. The molecule has 1 fully saturated rings. The Bertz CT molecular complexity index is 387. The van der Waals surface area contributed by atoms with Crippen molar-refractivity contribution in [3.05, 3.63) is 11.7 Å². The lowest BCUT2D eigenvalue weighted by Gasteiger charge is -2.26. The molecule has 1 aliphatic heterocycles. The number of hydrogen-bond acceptors (Lipinski definition) is 6. The van der Waals surface area contributed by atoms with E-state index in [0.29, 0.717) is 18.3 Å². The fourth-order valence-corrected chi connectivity index (χ4v) is 1.79. The van der Waals surface area contributed by atoms with Gasteiger partial charge in [0.2, 0.25) is 11.8 Å². The van der Waals surface area contributed by atoms with Gasteiger partial charge in [-0.2, -0.15) is 4.98 Å². The van der Waals surface area contributed by atoms with Crippen LogP contribution in [0.4, 0.5) is 0 Å². The number of aromatic nitrogens is 2. The lowest BCUT2D eigenvalue weighted by Crippen LogP contribution is -2.41. The summed E-state index contributed by atoms with van der Waals surface area (Å²) in [4.78, 5) is 17.8. The summed E-state index contributed by atoms with van der Waals surface area (Å²) in [5.41, 5.74) is 0. The van der Waals surface area contributed by atoms with Crippen LogP contribution in [0.5, 0.6) is 0 Å². The van der Waals surface area contributed by atoms with Gasteiger partial charge in [0.25, 0.3) is 0 Å². The van der Waals surface area contributed by atoms with Crippen LogP contribution in [0.15, 0.2) is 4.52 Å². The molecule has 0 aliphatic carbocycles. The fourth-order valence-electron chi connectivity index (χ4n) is 1.79. The standard InChI is InChI=1S/C11H18N4O3/c1-9-13-11(18-14-9)8-10(16)12-2-3-15-4-6-17-7-5-15/h2-8H2,1H3,(H,12,16). The molecule has 0 saturated carbocycles. The molecule has 1 aliphatic rings. The van der Waals surface area contributed by atoms with Crippen LogP contribution in [0.1, 0.15) is 11.7 Å². The van der Waals surface area contributed by atoms with Crippen LogP contribution in [-0.4, -0.2) is 60.3 Å². The molecule has 100 valence electrons. The number of amides is 1. The topological polar surface area (TPSA) is 80.5 Å². The Kier molecular flexibility index (Phi) is 4.66. The van der Waals surface area contributed by atoms with Gasteiger partial charge < -0.3 is 14.6 Å². The number of nitrogens with zero attached hydrogens (tertiary/aromatic N) is 3. The van der Waals surface area contributed by atoms with Crippen molar-refractivity contribution in [2.24, 2.45) is 0 Å². The average molecular weight is 254 g/mol. The van der Waals surface area contributed by atoms with Crippen molar-refractivity contribution >= 4 is 5.91 Å². The van der Waals surface area contributed by atoms with E-state index in [4.69, 9.17) is 9.26 Å². The number of ether oxygens (including phenoxy) is 1. The molecule has 18 heavy (non-hydrogen) atoms. The van der Waals surface area contributed by atoms with E-state index in [0.717, 1.165) is 32.8 Å². The maximum absolute atomic E-state index is 11.6. The van der Waals surface area contributed by atoms with Crippen molar-refractivity contribution in [1.29, 1.82) is 0 Å². The molecule has 0 radical (unpaired) electrons. The zero-order chi connectivity index (χ0) is 12.8. The molecule has 0 aromatic carbocycles. The molecule has 2 rings (SSSR count). The molecule has 0 atom stereocenters. The highest BCUT2D eigenvalue weighted by Gasteiger charge is 2.12. The predicted octanol–water partition coefficient (Wildman–Crippen LogP) is -0.631. The minimum atomic E-state index is -0.0908. The van der Waals surface area contributed by atoms with Crippen LogP contribution in [-0.2, 0) is 16.0 Å². The van der Waals surface area contributed by atoms with Crippen molar-refractivity contribution in [3.8, 4) is 0 Å². The number of carbonyl (C=O) groups is 1. The van der Waals surface area contributed by atoms with Crippen molar-refractivity contribution in [3.63, 3.8) is 0 Å². The normalized spacial score (nSPS) is 16.7. The largest absolute Gasteiger partial charge is 0.379 e. The molecule has 1 saturated heterocycles. The monoisotopic (exact) mass is 254 g/mol. The summed E-state index contributed by atoms with van der Waals surface area (Å²) in [5.74, 6) is 0.814. The van der Waals surface area contributed by atoms with Crippen molar-refractivity contribution in [2.45, 2.75) is 13.3 Å². The molecule has 1 N–H and O–H groups in total. The summed E-state index contributed by atoms with van der Waals surface area (Å²) in [6, 6.07) is 0. The Morgan fingerprint density at radius 2 is 2.22 bits per heavy atom. The molecule has 0 unspecified atom stereocenters. The van der Waals surface area contributed by atoms with Crippen LogP contribution in [0.3, 0.4) is 0 Å². The highest BCUT2D eigenvalue weighted by molar-refractivity contribution is 5.77. The number of rotatable bonds is 5. The maximum Gasteiger partial charge on any atom is 0.236 e. The van der Waals surface area contributed by atoms with Gasteiger partial charge in [0.05, 0.1) is 13.2 Å². The first-order chi connectivity index (χ1) is 8.74. The third-order valence-corrected chi connectivity index (χ3v) is 2.74. The second-order valence-electron chi connectivity index (χ2n) is 4.22. The van der Waals surface area contributed by atoms with Gasteiger partial charge in [0.15, 0.2) is 5.82 Å². The molecule has 1 amide bonds. The minimum absolute atomic E-state index is 0.0908. The number of carbonyl (C=O) groups excluding carboxylic acids is 1. The molecule has 7 nitrogen and oxygen atoms in total. The van der Waals surface area contributed by atoms with Crippen molar-refractivity contribution in [1.82, 2.24) is 20.4 Å². The zero-order valence-corrected chi connectivity index (χ0v) is 10.5. The van der Waals surface area contributed by atoms with Gasteiger partial charge in [-0.15, -0.1) is 0 Å². The van der Waals surface area contributed by atoms with E-state index in [1.807, 2.05) is 0 Å². The smallest absolute Gasteiger partial charge is 0.236 e. The first-order valence-electron chi connectivity index (χ1n) is 6.10. The van der Waals surface area contributed by atoms with Gasteiger partial charge in [-0.3, -0.25) is 9.69 Å². The van der Waals surface area contributed by atoms with Crippen LogP contribution in [0.2, 0.25) is 0 Å². The van der Waals surface area contributed by atoms with Gasteiger partial charge in [-0.1, -0.05) is 5.16 Å². The van der Waals surface area contributed by atoms with Gasteiger partial charge >= 0.3 is 0 Å². The highest BCUT2D eigenvalue weighted by Crippen LogP contribution is 1.97. The van der Waals surface area contributed by atoms with Crippen LogP contribution in [0.25, 0.3) is 0 Å². The lowest BCUT2D eigenvalue weighted by molar-refractivity contribution is -0.120. The Labute approximate surface area is 105 Å². The Balaban J connectivity index is 1.62. The van der Waals surface area contributed by atoms with Gasteiger partial charge in [0.1, 0.15) is 6.42 Å². The molecular formula is C11H18N4O3. The highest BCUT2D eigenvalue weighted by atomic mass is 16.5. The minimum Gasteiger partial charge on any atom is -0.379 e. The lowest BCUT2D eigenvalue weighted by atomic mass is 10.3. The first-order valence-corrected chi connectivity index (χ1v) is 6.10. The van der Waals surface area contributed by atoms with Gasteiger partial charge in [0, 0.05) is 26.2 Å². The molecule has 2 heterocycles. The van der Waals surface area contributed by atoms with E-state index in [1.54, 1.807) is 6.92 Å². The fraction of sp³-hybridized carbons (Fsp3) is 0.727. The second kappa shape index (κ2) is 6.46. The number of aryl methyl sites for hydroxylation is 1. The SMILES string of the molecule is Cc1noc(CC(=O)NCCN2CCOCC2)n1. The first kappa shape index (κ1) is 13.0. The molecule has 1 aromatic heterocycles. The van der Waals surface area contributed by atoms with E-state index in [9.17, 15) is 4.79 Å². The average Bonchev–Trinajstić information content (AvgIpc) is 2.76. The summed E-state index contributed by atoms with van der Waals surface area (Å²) in [6.45, 7) is 6.61. The maximum atomic E-state index is 11.6. The zero-order valence-electron chi connectivity index (χ0n) is 10.5. The van der Waals surface area contributed by atoms with E-state index in [1.165, 1.54) is 0 Å². The van der Waals surface area contributed by atoms with Gasteiger partial charge in [-0.25, -0.2) is 0 Å². The Morgan fingerprint density at radius 3 is 2.89 bits per heavy atom. The van der Waals surface area contributed by atoms with Crippen LogP contribution < -0.4 is 5.32 Å². The predicted molar refractivity (Wildman–Crippen MR) is 63.0 cm³/mol. The van der Waals surface area contributed by atoms with Crippen LogP contribution >= 0.6 is 0 Å². The molecule has 0 bridgehead atoms. The summed E-state index contributed by atoms with van der Waals surface area (Å²) >= 11 is 0. The van der Waals surface area contributed by atoms with Crippen molar-refractivity contribution < 1.29 is 14.1 Å². The Hall–Kier alpha value is -1.47. The summed E-state index contributed by atoms with van der Waals surface area (Å²) in [5, 5.41) is 6.47. The molecule has 7 heteroatoms. The summed E-state index contributed by atoms with van der Waals surface area (Å²) in [7, 11) is 0.